The molecule has 148 valence electrons. The van der Waals surface area contributed by atoms with Gasteiger partial charge in [0.1, 0.15) is 11.9 Å². The summed E-state index contributed by atoms with van der Waals surface area (Å²) in [5.41, 5.74) is 5.38. The number of aliphatic hydroxyl groups excluding tert-OH is 1. The molecular weight excluding hydrogens is 376 g/mol. The van der Waals surface area contributed by atoms with Crippen molar-refractivity contribution in [1.82, 2.24) is 9.80 Å². The van der Waals surface area contributed by atoms with E-state index in [-0.39, 0.29) is 23.1 Å². The minimum Gasteiger partial charge on any atom is -0.449 e. The number of aliphatic imine (C=N–C) groups is 1. The van der Waals surface area contributed by atoms with Crippen LogP contribution in [0.5, 0.6) is 0 Å². The largest absolute Gasteiger partial charge is 0.512 e. The lowest BCUT2D eigenvalue weighted by molar-refractivity contribution is -0.161. The molecule has 3 aliphatic heterocycles. The zero-order valence-electron chi connectivity index (χ0n) is 15.2. The molecule has 0 aliphatic carbocycles. The van der Waals surface area contributed by atoms with E-state index in [2.05, 4.69) is 4.99 Å². The number of hydrogen-bond donors (Lipinski definition) is 3. The average Bonchev–Trinajstić information content (AvgIpc) is 3.07. The maximum atomic E-state index is 12.3. The normalized spacial score (nSPS) is 30.6. The highest BCUT2D eigenvalue weighted by atomic mass is 32.2. The van der Waals surface area contributed by atoms with Crippen LogP contribution in [0.15, 0.2) is 15.8 Å². The molecule has 4 N–H and O–H groups in total. The van der Waals surface area contributed by atoms with Crippen molar-refractivity contribution in [2.45, 2.75) is 43.2 Å². The fourth-order valence-electron chi connectivity index (χ4n) is 3.72. The van der Waals surface area contributed by atoms with Crippen LogP contribution in [0, 0.1) is 5.92 Å². The lowest BCUT2D eigenvalue weighted by Crippen LogP contribution is -2.61. The summed E-state index contributed by atoms with van der Waals surface area (Å²) in [6.07, 6.45) is -1.58. The molecule has 0 spiro atoms. The summed E-state index contributed by atoms with van der Waals surface area (Å²) in [6.45, 7) is 1.54. The molecule has 0 saturated carbocycles. The summed E-state index contributed by atoms with van der Waals surface area (Å²) in [7, 11) is 3.60. The standard InChI is InChI=1S/C16H22N4O6S/c1-6(21)11-8-5-10(15(26-16(24)25)20(8)14(11)23)27-9-4-7(12(17)22)18-13(9)19(2)3/h6-9,11,21H,4-5H2,1-3H3,(H2,17,22)(H,24,25)/t6-,7+,8-,9?,11-/m1/s1. The molecule has 0 bridgehead atoms. The SMILES string of the molecule is C[C@@H](O)[C@H]1C(=O)N2C(OC(=O)O)=C(SC3C[C@@H](C(N)=O)N=C3N(C)C)C[C@H]12. The Labute approximate surface area is 160 Å². The Hall–Kier alpha value is -2.27. The predicted molar refractivity (Wildman–Crippen MR) is 96.7 cm³/mol. The van der Waals surface area contributed by atoms with Gasteiger partial charge in [-0.15, -0.1) is 11.8 Å². The summed E-state index contributed by atoms with van der Waals surface area (Å²) in [5, 5.41) is 18.7. The van der Waals surface area contributed by atoms with Crippen LogP contribution >= 0.6 is 11.8 Å². The molecule has 11 heteroatoms. The molecule has 27 heavy (non-hydrogen) atoms. The van der Waals surface area contributed by atoms with Crippen molar-refractivity contribution in [3.63, 3.8) is 0 Å². The van der Waals surface area contributed by atoms with Crippen LogP contribution in [-0.2, 0) is 14.3 Å². The van der Waals surface area contributed by atoms with E-state index in [4.69, 9.17) is 15.6 Å². The van der Waals surface area contributed by atoms with Gasteiger partial charge in [-0.2, -0.15) is 0 Å². The van der Waals surface area contributed by atoms with Crippen molar-refractivity contribution >= 4 is 35.6 Å². The number of carbonyl (C=O) groups excluding carboxylic acids is 2. The minimum atomic E-state index is -1.51. The van der Waals surface area contributed by atoms with Crippen LogP contribution in [0.25, 0.3) is 0 Å². The predicted octanol–water partition coefficient (Wildman–Crippen LogP) is -0.219. The summed E-state index contributed by atoms with van der Waals surface area (Å²) in [4.78, 5) is 43.0. The topological polar surface area (TPSA) is 146 Å². The molecule has 0 aromatic heterocycles. The molecule has 0 aromatic carbocycles. The summed E-state index contributed by atoms with van der Waals surface area (Å²) >= 11 is 1.32. The van der Waals surface area contributed by atoms with E-state index in [0.717, 1.165) is 0 Å². The summed E-state index contributed by atoms with van der Waals surface area (Å²) in [5.74, 6) is -0.809. The fraction of sp³-hybridized carbons (Fsp3) is 0.625. The van der Waals surface area contributed by atoms with Gasteiger partial charge in [0, 0.05) is 25.4 Å². The lowest BCUT2D eigenvalue weighted by atomic mass is 9.84. The van der Waals surface area contributed by atoms with E-state index < -0.39 is 30.1 Å². The number of thioether (sulfide) groups is 1. The van der Waals surface area contributed by atoms with Crippen molar-refractivity contribution in [1.29, 1.82) is 0 Å². The molecule has 2 amide bonds. The Kier molecular flexibility index (Phi) is 5.08. The Morgan fingerprint density at radius 2 is 2.11 bits per heavy atom. The van der Waals surface area contributed by atoms with Crippen LogP contribution in [-0.4, -0.2) is 81.4 Å². The zero-order valence-corrected chi connectivity index (χ0v) is 16.0. The molecule has 3 rings (SSSR count). The number of nitrogens with two attached hydrogens (primary N) is 1. The van der Waals surface area contributed by atoms with E-state index in [9.17, 15) is 19.5 Å². The number of primary amides is 1. The van der Waals surface area contributed by atoms with Crippen molar-refractivity contribution in [2.24, 2.45) is 16.6 Å². The fourth-order valence-corrected chi connectivity index (χ4v) is 5.23. The highest BCUT2D eigenvalue weighted by Crippen LogP contribution is 2.49. The van der Waals surface area contributed by atoms with Gasteiger partial charge in [-0.05, 0) is 13.3 Å². The van der Waals surface area contributed by atoms with Crippen molar-refractivity contribution < 1.29 is 29.3 Å². The maximum absolute atomic E-state index is 12.3. The van der Waals surface area contributed by atoms with Crippen molar-refractivity contribution in [3.05, 3.63) is 10.8 Å². The van der Waals surface area contributed by atoms with Crippen LogP contribution in [0.1, 0.15) is 19.8 Å². The number of nitrogens with zero attached hydrogens (tertiary/aromatic N) is 3. The highest BCUT2D eigenvalue weighted by Gasteiger charge is 2.57. The Bertz CT molecular complexity index is 749. The monoisotopic (exact) mass is 398 g/mol. The number of hydrogen-bond acceptors (Lipinski definition) is 8. The van der Waals surface area contributed by atoms with E-state index in [0.29, 0.717) is 23.6 Å². The number of amides is 2. The summed E-state index contributed by atoms with van der Waals surface area (Å²) < 4.78 is 4.89. The average molecular weight is 398 g/mol. The second-order valence-corrected chi connectivity index (χ2v) is 8.28. The van der Waals surface area contributed by atoms with Gasteiger partial charge in [0.05, 0.1) is 23.3 Å². The second kappa shape index (κ2) is 7.04. The molecule has 1 saturated heterocycles. The first-order valence-electron chi connectivity index (χ1n) is 8.47. The molecule has 10 nitrogen and oxygen atoms in total. The van der Waals surface area contributed by atoms with Gasteiger partial charge in [-0.25, -0.2) is 4.79 Å². The first-order valence-corrected chi connectivity index (χ1v) is 9.35. The number of carboxylic acid groups (broad SMARTS) is 1. The van der Waals surface area contributed by atoms with Gasteiger partial charge < -0.3 is 25.6 Å². The lowest BCUT2D eigenvalue weighted by Gasteiger charge is -2.44. The molecule has 1 unspecified atom stereocenters. The molecule has 0 aromatic rings. The third-order valence-electron chi connectivity index (χ3n) is 4.91. The number of ether oxygens (including phenoxy) is 1. The van der Waals surface area contributed by atoms with E-state index >= 15 is 0 Å². The first-order chi connectivity index (χ1) is 12.6. The van der Waals surface area contributed by atoms with E-state index in [1.54, 1.807) is 19.0 Å². The third kappa shape index (κ3) is 3.36. The molecule has 3 aliphatic rings. The van der Waals surface area contributed by atoms with Crippen molar-refractivity contribution in [3.8, 4) is 0 Å². The number of aliphatic hydroxyl groups is 1. The number of β-lactam (4-membered cyclic amide) rings is 1. The number of fused-ring (bicyclic) bond motifs is 1. The van der Waals surface area contributed by atoms with Crippen LogP contribution < -0.4 is 5.73 Å². The van der Waals surface area contributed by atoms with Gasteiger partial charge in [0.25, 0.3) is 0 Å². The summed E-state index contributed by atoms with van der Waals surface area (Å²) in [6, 6.07) is -0.975. The Morgan fingerprint density at radius 1 is 1.44 bits per heavy atom. The smallest absolute Gasteiger partial charge is 0.449 e. The van der Waals surface area contributed by atoms with E-state index in [1.807, 2.05) is 0 Å². The van der Waals surface area contributed by atoms with Gasteiger partial charge in [0.15, 0.2) is 0 Å². The zero-order chi connectivity index (χ0) is 20.0. The maximum Gasteiger partial charge on any atom is 0.512 e. The van der Waals surface area contributed by atoms with Crippen molar-refractivity contribution in [2.75, 3.05) is 14.1 Å². The van der Waals surface area contributed by atoms with Gasteiger partial charge >= 0.3 is 6.16 Å². The number of rotatable bonds is 5. The minimum absolute atomic E-state index is 0.0139. The number of amidine groups is 1. The van der Waals surface area contributed by atoms with Gasteiger partial charge in [-0.1, -0.05) is 0 Å². The Morgan fingerprint density at radius 3 is 2.63 bits per heavy atom. The molecule has 5 atom stereocenters. The van der Waals surface area contributed by atoms with Crippen LogP contribution in [0.2, 0.25) is 0 Å². The molecule has 3 heterocycles. The third-order valence-corrected chi connectivity index (χ3v) is 6.22. The molecule has 0 radical (unpaired) electrons. The van der Waals surface area contributed by atoms with Crippen LogP contribution in [0.3, 0.4) is 0 Å². The van der Waals surface area contributed by atoms with Gasteiger partial charge in [0.2, 0.25) is 17.7 Å². The molecule has 1 fully saturated rings. The van der Waals surface area contributed by atoms with Crippen LogP contribution in [0.4, 0.5) is 4.79 Å². The second-order valence-electron chi connectivity index (χ2n) is 6.98. The highest BCUT2D eigenvalue weighted by molar-refractivity contribution is 8.04. The van der Waals surface area contributed by atoms with E-state index in [1.165, 1.54) is 23.6 Å². The number of carbonyl (C=O) groups is 3. The molecular formula is C16H22N4O6S. The van der Waals surface area contributed by atoms with Gasteiger partial charge in [-0.3, -0.25) is 19.5 Å². The Balaban J connectivity index is 1.85. The quantitative estimate of drug-likeness (QED) is 0.426. The first kappa shape index (κ1) is 19.5.